The summed E-state index contributed by atoms with van der Waals surface area (Å²) >= 11 is 1.98. The van der Waals surface area contributed by atoms with Gasteiger partial charge in [0.2, 0.25) is 0 Å². The van der Waals surface area contributed by atoms with E-state index >= 15 is 0 Å². The van der Waals surface area contributed by atoms with Crippen molar-refractivity contribution in [2.45, 2.75) is 0 Å². The minimum Gasteiger partial charge on any atom is -0.491 e. The van der Waals surface area contributed by atoms with Gasteiger partial charge in [0.05, 0.1) is 19.8 Å². The minimum absolute atomic E-state index is 0.00322. The fraction of sp³-hybridized carbons (Fsp3) is 0.154. The molecule has 110 valence electrons. The first-order valence-corrected chi connectivity index (χ1v) is 6.81. The van der Waals surface area contributed by atoms with E-state index in [0.717, 1.165) is 3.57 Å². The molecule has 2 N–H and O–H groups in total. The molecular formula is C13H11FIN3O3. The summed E-state index contributed by atoms with van der Waals surface area (Å²) in [6, 6.07) is 4.54. The Kier molecular flexibility index (Phi) is 4.56. The van der Waals surface area contributed by atoms with Crippen LogP contribution in [0.15, 0.2) is 18.2 Å². The normalized spacial score (nSPS) is 10.3. The maximum Gasteiger partial charge on any atom is 0.360 e. The Bertz CT molecular complexity index is 709. The van der Waals surface area contributed by atoms with Crippen LogP contribution < -0.4 is 10.5 Å². The number of carbonyl (C=O) groups excluding carboxylic acids is 1. The maximum absolute atomic E-state index is 14.0. The lowest BCUT2D eigenvalue weighted by atomic mass is 10.2. The molecule has 0 spiro atoms. The molecule has 1 aromatic carbocycles. The second-order valence-corrected chi connectivity index (χ2v) is 5.18. The van der Waals surface area contributed by atoms with Crippen LogP contribution in [0.25, 0.3) is 11.4 Å². The Morgan fingerprint density at radius 1 is 1.33 bits per heavy atom. The topological polar surface area (TPSA) is 87.3 Å². The van der Waals surface area contributed by atoms with E-state index in [1.807, 2.05) is 22.6 Å². The fourth-order valence-electron chi connectivity index (χ4n) is 1.70. The highest BCUT2D eigenvalue weighted by Gasteiger charge is 2.22. The summed E-state index contributed by atoms with van der Waals surface area (Å²) in [6.45, 7) is 0. The van der Waals surface area contributed by atoms with Crippen LogP contribution in [0.3, 0.4) is 0 Å². The first-order valence-electron chi connectivity index (χ1n) is 5.73. The van der Waals surface area contributed by atoms with Gasteiger partial charge < -0.3 is 15.2 Å². The summed E-state index contributed by atoms with van der Waals surface area (Å²) < 4.78 is 24.3. The summed E-state index contributed by atoms with van der Waals surface area (Å²) in [5.41, 5.74) is 5.72. The lowest BCUT2D eigenvalue weighted by Crippen LogP contribution is -2.12. The molecule has 2 rings (SSSR count). The summed E-state index contributed by atoms with van der Waals surface area (Å²) in [5.74, 6) is -1.34. The molecule has 0 fully saturated rings. The highest BCUT2D eigenvalue weighted by molar-refractivity contribution is 14.1. The predicted octanol–water partition coefficient (Wildman–Crippen LogP) is 2.26. The quantitative estimate of drug-likeness (QED) is 0.625. The summed E-state index contributed by atoms with van der Waals surface area (Å²) in [6.07, 6.45) is 0. The van der Waals surface area contributed by atoms with Crippen molar-refractivity contribution in [1.29, 1.82) is 0 Å². The molecule has 21 heavy (non-hydrogen) atoms. The third kappa shape index (κ3) is 3.04. The molecule has 6 nitrogen and oxygen atoms in total. The number of methoxy groups -OCH3 is 2. The van der Waals surface area contributed by atoms with E-state index in [2.05, 4.69) is 14.7 Å². The van der Waals surface area contributed by atoms with E-state index in [9.17, 15) is 9.18 Å². The zero-order valence-electron chi connectivity index (χ0n) is 11.2. The SMILES string of the molecule is COC(=O)c1nc(-c2ccc(I)cc2F)nc(N)c1OC. The van der Waals surface area contributed by atoms with Crippen LogP contribution in [-0.4, -0.2) is 30.2 Å². The van der Waals surface area contributed by atoms with Crippen molar-refractivity contribution < 1.29 is 18.7 Å². The van der Waals surface area contributed by atoms with E-state index in [4.69, 9.17) is 10.5 Å². The second-order valence-electron chi connectivity index (χ2n) is 3.93. The van der Waals surface area contributed by atoms with Gasteiger partial charge in [0.25, 0.3) is 0 Å². The van der Waals surface area contributed by atoms with Gasteiger partial charge in [0.1, 0.15) is 5.82 Å². The van der Waals surface area contributed by atoms with Crippen LogP contribution in [0.1, 0.15) is 10.5 Å². The number of halogens is 2. The minimum atomic E-state index is -0.742. The van der Waals surface area contributed by atoms with E-state index < -0.39 is 11.8 Å². The Hall–Kier alpha value is -1.97. The van der Waals surface area contributed by atoms with Gasteiger partial charge in [-0.3, -0.25) is 0 Å². The number of aromatic nitrogens is 2. The van der Waals surface area contributed by atoms with Crippen molar-refractivity contribution in [3.63, 3.8) is 0 Å². The van der Waals surface area contributed by atoms with Gasteiger partial charge in [-0.1, -0.05) is 0 Å². The molecule has 2 aromatic rings. The molecule has 1 heterocycles. The molecule has 0 saturated carbocycles. The van der Waals surface area contributed by atoms with Gasteiger partial charge in [0, 0.05) is 3.57 Å². The van der Waals surface area contributed by atoms with E-state index in [-0.39, 0.29) is 28.6 Å². The molecule has 0 amide bonds. The van der Waals surface area contributed by atoms with Crippen LogP contribution >= 0.6 is 22.6 Å². The monoisotopic (exact) mass is 403 g/mol. The average molecular weight is 403 g/mol. The van der Waals surface area contributed by atoms with Crippen molar-refractivity contribution in [3.05, 3.63) is 33.3 Å². The molecular weight excluding hydrogens is 392 g/mol. The van der Waals surface area contributed by atoms with Crippen molar-refractivity contribution in [2.24, 2.45) is 0 Å². The number of nitrogens with two attached hydrogens (primary N) is 1. The number of nitrogen functional groups attached to an aromatic ring is 1. The third-order valence-corrected chi connectivity index (χ3v) is 3.32. The number of esters is 1. The van der Waals surface area contributed by atoms with Gasteiger partial charge in [-0.05, 0) is 40.8 Å². The van der Waals surface area contributed by atoms with Crippen LogP contribution in [0.5, 0.6) is 5.75 Å². The lowest BCUT2D eigenvalue weighted by Gasteiger charge is -2.11. The fourth-order valence-corrected chi connectivity index (χ4v) is 2.15. The summed E-state index contributed by atoms with van der Waals surface area (Å²) in [7, 11) is 2.53. The molecule has 8 heteroatoms. The zero-order chi connectivity index (χ0) is 15.6. The number of rotatable bonds is 3. The van der Waals surface area contributed by atoms with Gasteiger partial charge in [-0.2, -0.15) is 0 Å². The molecule has 0 unspecified atom stereocenters. The number of benzene rings is 1. The smallest absolute Gasteiger partial charge is 0.360 e. The first kappa shape index (κ1) is 15.4. The van der Waals surface area contributed by atoms with Crippen LogP contribution in [0.2, 0.25) is 0 Å². The van der Waals surface area contributed by atoms with E-state index in [1.54, 1.807) is 6.07 Å². The van der Waals surface area contributed by atoms with E-state index in [0.29, 0.717) is 0 Å². The standard InChI is InChI=1S/C13H11FIN3O3/c1-20-10-9(13(19)21-2)17-12(18-11(10)16)7-4-3-6(15)5-8(7)14/h3-5H,1-2H3,(H2,16,17,18). The molecule has 0 aliphatic carbocycles. The molecule has 0 saturated heterocycles. The third-order valence-electron chi connectivity index (χ3n) is 2.65. The van der Waals surface area contributed by atoms with Crippen LogP contribution in [0, 0.1) is 9.39 Å². The van der Waals surface area contributed by atoms with Crippen molar-refractivity contribution >= 4 is 34.4 Å². The number of hydrogen-bond donors (Lipinski definition) is 1. The summed E-state index contributed by atoms with van der Waals surface area (Å²) in [5, 5.41) is 0. The number of nitrogens with zero attached hydrogens (tertiary/aromatic N) is 2. The first-order chi connectivity index (χ1) is 9.97. The second kappa shape index (κ2) is 6.20. The largest absolute Gasteiger partial charge is 0.491 e. The van der Waals surface area contributed by atoms with Gasteiger partial charge >= 0.3 is 5.97 Å². The van der Waals surface area contributed by atoms with Gasteiger partial charge in [-0.25, -0.2) is 19.2 Å². The average Bonchev–Trinajstić information content (AvgIpc) is 2.45. The van der Waals surface area contributed by atoms with Crippen LogP contribution in [-0.2, 0) is 4.74 Å². The lowest BCUT2D eigenvalue weighted by molar-refractivity contribution is 0.0590. The van der Waals surface area contributed by atoms with Gasteiger partial charge in [-0.15, -0.1) is 0 Å². The van der Waals surface area contributed by atoms with Crippen molar-refractivity contribution in [3.8, 4) is 17.1 Å². The predicted molar refractivity (Wildman–Crippen MR) is 82.4 cm³/mol. The van der Waals surface area contributed by atoms with E-state index in [1.165, 1.54) is 26.4 Å². The Labute approximate surface area is 133 Å². The Morgan fingerprint density at radius 2 is 2.05 bits per heavy atom. The highest BCUT2D eigenvalue weighted by Crippen LogP contribution is 2.29. The molecule has 1 aromatic heterocycles. The van der Waals surface area contributed by atoms with Crippen LogP contribution in [0.4, 0.5) is 10.2 Å². The number of carbonyl (C=O) groups is 1. The molecule has 0 aliphatic rings. The number of hydrogen-bond acceptors (Lipinski definition) is 6. The highest BCUT2D eigenvalue weighted by atomic mass is 127. The van der Waals surface area contributed by atoms with Gasteiger partial charge in [0.15, 0.2) is 23.1 Å². The van der Waals surface area contributed by atoms with Crippen molar-refractivity contribution in [1.82, 2.24) is 9.97 Å². The van der Waals surface area contributed by atoms with Crippen molar-refractivity contribution in [2.75, 3.05) is 20.0 Å². The zero-order valence-corrected chi connectivity index (χ0v) is 13.3. The Morgan fingerprint density at radius 3 is 2.62 bits per heavy atom. The number of anilines is 1. The maximum atomic E-state index is 14.0. The molecule has 0 atom stereocenters. The molecule has 0 aliphatic heterocycles. The summed E-state index contributed by atoms with van der Waals surface area (Å²) in [4.78, 5) is 19.7. The Balaban J connectivity index is 2.65. The molecule has 0 bridgehead atoms. The molecule has 0 radical (unpaired) electrons. The number of ether oxygens (including phenoxy) is 2.